The van der Waals surface area contributed by atoms with E-state index < -0.39 is 5.97 Å². The highest BCUT2D eigenvalue weighted by Gasteiger charge is 2.34. The average Bonchev–Trinajstić information content (AvgIpc) is 2.81. The third-order valence-electron chi connectivity index (χ3n) is 4.45. The number of phenols is 1. The molecule has 5 heteroatoms. The van der Waals surface area contributed by atoms with E-state index in [1.807, 2.05) is 6.08 Å². The van der Waals surface area contributed by atoms with Crippen LogP contribution in [0.3, 0.4) is 0 Å². The summed E-state index contributed by atoms with van der Waals surface area (Å²) in [4.78, 5) is 25.7. The summed E-state index contributed by atoms with van der Waals surface area (Å²) in [7, 11) is 0. The van der Waals surface area contributed by atoms with Crippen LogP contribution in [0.5, 0.6) is 5.75 Å². The van der Waals surface area contributed by atoms with Gasteiger partial charge in [-0.1, -0.05) is 36.1 Å². The van der Waals surface area contributed by atoms with Gasteiger partial charge in [-0.2, -0.15) is 0 Å². The summed E-state index contributed by atoms with van der Waals surface area (Å²) in [6.07, 6.45) is 10.5. The van der Waals surface area contributed by atoms with Crippen molar-refractivity contribution in [3.05, 3.63) is 51.0 Å². The molecule has 0 amide bonds. The SMILES string of the molecule is O=C(O)c1c(O)c2c(c3c1C=CC1=CCCC=C1S3)C(=O)CC2. The Balaban J connectivity index is 2.06. The van der Waals surface area contributed by atoms with Gasteiger partial charge in [-0.25, -0.2) is 4.79 Å². The highest BCUT2D eigenvalue weighted by atomic mass is 32.2. The average molecular weight is 326 g/mol. The van der Waals surface area contributed by atoms with E-state index in [4.69, 9.17) is 0 Å². The normalized spacial score (nSPS) is 18.5. The van der Waals surface area contributed by atoms with Crippen LogP contribution in [0.15, 0.2) is 33.6 Å². The molecule has 4 nitrogen and oxygen atoms in total. The second-order valence-electron chi connectivity index (χ2n) is 5.79. The molecule has 0 atom stereocenters. The predicted molar refractivity (Wildman–Crippen MR) is 88.0 cm³/mol. The first-order valence-electron chi connectivity index (χ1n) is 7.53. The molecule has 3 aliphatic rings. The van der Waals surface area contributed by atoms with Crippen molar-refractivity contribution in [1.82, 2.24) is 0 Å². The Morgan fingerprint density at radius 3 is 2.70 bits per heavy atom. The van der Waals surface area contributed by atoms with Crippen molar-refractivity contribution in [2.45, 2.75) is 30.6 Å². The molecule has 0 fully saturated rings. The number of fused-ring (bicyclic) bond motifs is 4. The first-order valence-corrected chi connectivity index (χ1v) is 8.34. The Morgan fingerprint density at radius 1 is 1.13 bits per heavy atom. The van der Waals surface area contributed by atoms with Gasteiger partial charge in [0.15, 0.2) is 5.78 Å². The van der Waals surface area contributed by atoms with Gasteiger partial charge >= 0.3 is 5.97 Å². The van der Waals surface area contributed by atoms with Gasteiger partial charge in [0, 0.05) is 32.9 Å². The third-order valence-corrected chi connectivity index (χ3v) is 5.70. The molecule has 2 N–H and O–H groups in total. The molecule has 2 aliphatic carbocycles. The fraction of sp³-hybridized carbons (Fsp3) is 0.222. The first-order chi connectivity index (χ1) is 11.1. The molecule has 0 unspecified atom stereocenters. The van der Waals surface area contributed by atoms with Crippen molar-refractivity contribution >= 4 is 29.6 Å². The molecule has 1 aromatic rings. The number of carboxylic acid groups (broad SMARTS) is 1. The van der Waals surface area contributed by atoms with Crippen molar-refractivity contribution in [3.8, 4) is 5.75 Å². The van der Waals surface area contributed by atoms with Crippen molar-refractivity contribution in [1.29, 1.82) is 0 Å². The Bertz CT molecular complexity index is 859. The van der Waals surface area contributed by atoms with Crippen LogP contribution in [0, 0.1) is 0 Å². The summed E-state index contributed by atoms with van der Waals surface area (Å²) in [5.74, 6) is -1.44. The summed E-state index contributed by atoms with van der Waals surface area (Å²) in [5.41, 5.74) is 2.37. The van der Waals surface area contributed by atoms with E-state index in [0.717, 1.165) is 23.3 Å². The van der Waals surface area contributed by atoms with Crippen LogP contribution in [0.4, 0.5) is 0 Å². The van der Waals surface area contributed by atoms with Gasteiger partial charge in [0.1, 0.15) is 11.3 Å². The monoisotopic (exact) mass is 326 g/mol. The molecule has 23 heavy (non-hydrogen) atoms. The molecule has 1 aliphatic heterocycles. The number of hydrogen-bond acceptors (Lipinski definition) is 4. The minimum atomic E-state index is -1.17. The van der Waals surface area contributed by atoms with E-state index in [2.05, 4.69) is 12.2 Å². The summed E-state index contributed by atoms with van der Waals surface area (Å²) in [6.45, 7) is 0. The summed E-state index contributed by atoms with van der Waals surface area (Å²) in [6, 6.07) is 0. The lowest BCUT2D eigenvalue weighted by molar-refractivity contribution is 0.0692. The molecule has 0 saturated heterocycles. The summed E-state index contributed by atoms with van der Waals surface area (Å²) in [5, 5.41) is 20.0. The van der Waals surface area contributed by atoms with Crippen LogP contribution in [0.25, 0.3) is 6.08 Å². The van der Waals surface area contributed by atoms with E-state index in [9.17, 15) is 19.8 Å². The fourth-order valence-electron chi connectivity index (χ4n) is 3.37. The van der Waals surface area contributed by atoms with Gasteiger partial charge < -0.3 is 10.2 Å². The van der Waals surface area contributed by atoms with Gasteiger partial charge in [-0.05, 0) is 24.8 Å². The highest BCUT2D eigenvalue weighted by molar-refractivity contribution is 8.03. The Hall–Kier alpha value is -2.27. The zero-order valence-electron chi connectivity index (χ0n) is 12.3. The zero-order chi connectivity index (χ0) is 16.1. The molecule has 1 aromatic carbocycles. The number of aromatic hydroxyl groups is 1. The Labute approximate surface area is 137 Å². The van der Waals surface area contributed by atoms with E-state index in [1.54, 1.807) is 6.08 Å². The maximum atomic E-state index is 12.3. The quantitative estimate of drug-likeness (QED) is 0.817. The van der Waals surface area contributed by atoms with Gasteiger partial charge in [0.05, 0.1) is 0 Å². The fourth-order valence-corrected chi connectivity index (χ4v) is 4.68. The molecule has 0 bridgehead atoms. The lowest BCUT2D eigenvalue weighted by atomic mass is 9.96. The number of Topliss-reactive ketones (excluding diaryl/α,β-unsaturated/α-hetero) is 1. The van der Waals surface area contributed by atoms with E-state index >= 15 is 0 Å². The number of carbonyl (C=O) groups excluding carboxylic acids is 1. The molecule has 1 heterocycles. The minimum absolute atomic E-state index is 0.0202. The number of rotatable bonds is 1. The third kappa shape index (κ3) is 2.07. The van der Waals surface area contributed by atoms with E-state index in [0.29, 0.717) is 34.4 Å². The number of benzene rings is 1. The molecule has 0 radical (unpaired) electrons. The van der Waals surface area contributed by atoms with Crippen molar-refractivity contribution < 1.29 is 19.8 Å². The predicted octanol–water partition coefficient (Wildman–Crippen LogP) is 3.94. The number of allylic oxidation sites excluding steroid dienone is 4. The number of carbonyl (C=O) groups is 2. The molecule has 116 valence electrons. The summed E-state index contributed by atoms with van der Waals surface area (Å²) >= 11 is 1.45. The number of thioether (sulfide) groups is 1. The van der Waals surface area contributed by atoms with Crippen LogP contribution in [-0.2, 0) is 6.42 Å². The topological polar surface area (TPSA) is 74.6 Å². The summed E-state index contributed by atoms with van der Waals surface area (Å²) < 4.78 is 0. The highest BCUT2D eigenvalue weighted by Crippen LogP contribution is 2.49. The second kappa shape index (κ2) is 5.13. The minimum Gasteiger partial charge on any atom is -0.507 e. The lowest BCUT2D eigenvalue weighted by Crippen LogP contribution is -2.07. The Morgan fingerprint density at radius 2 is 1.91 bits per heavy atom. The standard InChI is InChI=1S/C18H14O4S/c19-12-8-7-10-14(12)17-11(15(16(10)20)18(21)22)6-5-9-3-1-2-4-13(9)23-17/h3-6,20H,1-2,7-8H2,(H,21,22). The maximum Gasteiger partial charge on any atom is 0.340 e. The van der Waals surface area contributed by atoms with E-state index in [-0.39, 0.29) is 17.1 Å². The number of ketones is 1. The van der Waals surface area contributed by atoms with Crippen LogP contribution in [0.2, 0.25) is 0 Å². The van der Waals surface area contributed by atoms with Crippen LogP contribution < -0.4 is 0 Å². The van der Waals surface area contributed by atoms with Gasteiger partial charge in [-0.3, -0.25) is 4.79 Å². The van der Waals surface area contributed by atoms with Crippen LogP contribution in [-0.4, -0.2) is 22.0 Å². The van der Waals surface area contributed by atoms with E-state index in [1.165, 1.54) is 11.8 Å². The van der Waals surface area contributed by atoms with Crippen LogP contribution >= 0.6 is 11.8 Å². The number of carboxylic acids is 1. The molecular formula is C18H14O4S. The molecule has 4 rings (SSSR count). The van der Waals surface area contributed by atoms with Gasteiger partial charge in [-0.15, -0.1) is 0 Å². The second-order valence-corrected chi connectivity index (χ2v) is 6.84. The smallest absolute Gasteiger partial charge is 0.340 e. The van der Waals surface area contributed by atoms with Crippen molar-refractivity contribution in [2.75, 3.05) is 0 Å². The van der Waals surface area contributed by atoms with Crippen molar-refractivity contribution in [2.24, 2.45) is 0 Å². The van der Waals surface area contributed by atoms with Crippen LogP contribution in [0.1, 0.15) is 51.1 Å². The lowest BCUT2D eigenvalue weighted by Gasteiger charge is -2.16. The van der Waals surface area contributed by atoms with Gasteiger partial charge in [0.25, 0.3) is 0 Å². The maximum absolute atomic E-state index is 12.3. The Kier molecular flexibility index (Phi) is 3.20. The molecule has 0 saturated carbocycles. The first kappa shape index (κ1) is 14.3. The van der Waals surface area contributed by atoms with Gasteiger partial charge in [0.2, 0.25) is 0 Å². The molecule has 0 spiro atoms. The molecule has 0 aromatic heterocycles. The number of aromatic carboxylic acids is 1. The molecular weight excluding hydrogens is 312 g/mol. The zero-order valence-corrected chi connectivity index (χ0v) is 13.1. The van der Waals surface area contributed by atoms with Crippen molar-refractivity contribution in [3.63, 3.8) is 0 Å². The number of hydrogen-bond donors (Lipinski definition) is 2. The largest absolute Gasteiger partial charge is 0.507 e.